The first-order valence-corrected chi connectivity index (χ1v) is 13.2. The van der Waals surface area contributed by atoms with Crippen LogP contribution in [0.2, 0.25) is 0 Å². The van der Waals surface area contributed by atoms with Crippen LogP contribution < -0.4 is 0 Å². The van der Waals surface area contributed by atoms with Crippen LogP contribution >= 0.6 is 0 Å². The second kappa shape index (κ2) is 6.79. The van der Waals surface area contributed by atoms with E-state index in [1.54, 1.807) is 0 Å². The van der Waals surface area contributed by atoms with Gasteiger partial charge in [-0.3, -0.25) is 4.79 Å². The van der Waals surface area contributed by atoms with Gasteiger partial charge in [0.05, 0.1) is 18.8 Å². The van der Waals surface area contributed by atoms with E-state index >= 15 is 0 Å². The highest BCUT2D eigenvalue weighted by molar-refractivity contribution is 5.87. The normalized spacial score (nSPS) is 60.9. The molecule has 1 spiro atoms. The van der Waals surface area contributed by atoms with E-state index in [0.29, 0.717) is 41.3 Å². The summed E-state index contributed by atoms with van der Waals surface area (Å²) in [4.78, 5) is 14.0. The first kappa shape index (κ1) is 21.1. The number of aliphatic hydroxyl groups excluding tert-OH is 1. The fourth-order valence-corrected chi connectivity index (χ4v) is 9.93. The molecule has 6 unspecified atom stereocenters. The van der Waals surface area contributed by atoms with Gasteiger partial charge in [0.15, 0.2) is 5.79 Å². The van der Waals surface area contributed by atoms with Crippen LogP contribution in [0.4, 0.5) is 0 Å². The van der Waals surface area contributed by atoms with E-state index in [2.05, 4.69) is 27.7 Å². The number of ketones is 1. The highest BCUT2D eigenvalue weighted by Crippen LogP contribution is 2.70. The fraction of sp³-hybridized carbons (Fsp3) is 0.963. The van der Waals surface area contributed by atoms with Crippen LogP contribution in [0.3, 0.4) is 0 Å². The Labute approximate surface area is 187 Å². The minimum Gasteiger partial charge on any atom is -0.393 e. The van der Waals surface area contributed by atoms with Crippen molar-refractivity contribution >= 4 is 5.78 Å². The first-order valence-electron chi connectivity index (χ1n) is 13.2. The van der Waals surface area contributed by atoms with E-state index in [9.17, 15) is 9.90 Å². The molecule has 12 atom stereocenters. The zero-order valence-electron chi connectivity index (χ0n) is 19.9. The van der Waals surface area contributed by atoms with Gasteiger partial charge < -0.3 is 14.6 Å². The predicted octanol–water partition coefficient (Wildman–Crippen LogP) is 4.97. The van der Waals surface area contributed by atoms with Crippen LogP contribution in [0.15, 0.2) is 0 Å². The van der Waals surface area contributed by atoms with Crippen LogP contribution in [0.5, 0.6) is 0 Å². The van der Waals surface area contributed by atoms with E-state index in [0.717, 1.165) is 51.6 Å². The lowest BCUT2D eigenvalue weighted by molar-refractivity contribution is -0.272. The molecular weight excluding hydrogens is 388 g/mol. The zero-order chi connectivity index (χ0) is 21.8. The van der Waals surface area contributed by atoms with Crippen molar-refractivity contribution in [3.63, 3.8) is 0 Å². The standard InChI is InChI=1S/C27H42O4/c1-15-7-10-27(30-14-15)16(2)24-22(31-27)12-21-19-6-5-17-11-18(28)8-9-25(17,3)20(19)13-23(29)26(21,24)4/h15-22,24,28H,5-14H2,1-4H3/t15?,16-,17?,18-,19?,20?,21?,22-,24?,25-,26+,27+/m0/s1. The van der Waals surface area contributed by atoms with Gasteiger partial charge in [0.25, 0.3) is 0 Å². The number of hydrogen-bond acceptors (Lipinski definition) is 4. The zero-order valence-corrected chi connectivity index (χ0v) is 19.9. The molecule has 4 nitrogen and oxygen atoms in total. The number of carbonyl (C=O) groups excluding carboxylic acids is 1. The second-order valence-electron chi connectivity index (χ2n) is 13.0. The molecule has 4 heteroatoms. The monoisotopic (exact) mass is 430 g/mol. The molecule has 0 radical (unpaired) electrons. The number of ether oxygens (including phenoxy) is 2. The van der Waals surface area contributed by atoms with E-state index in [4.69, 9.17) is 9.47 Å². The molecule has 31 heavy (non-hydrogen) atoms. The molecule has 174 valence electrons. The summed E-state index contributed by atoms with van der Waals surface area (Å²) in [5.41, 5.74) is -0.0221. The third-order valence-electron chi connectivity index (χ3n) is 11.8. The van der Waals surface area contributed by atoms with Crippen molar-refractivity contribution in [3.05, 3.63) is 0 Å². The second-order valence-corrected chi connectivity index (χ2v) is 13.0. The van der Waals surface area contributed by atoms with E-state index < -0.39 is 5.79 Å². The molecule has 0 aromatic rings. The number of fused-ring (bicyclic) bond motifs is 7. The lowest BCUT2D eigenvalue weighted by Gasteiger charge is -2.60. The first-order chi connectivity index (χ1) is 14.7. The van der Waals surface area contributed by atoms with Gasteiger partial charge >= 0.3 is 0 Å². The maximum Gasteiger partial charge on any atom is 0.171 e. The Morgan fingerprint density at radius 1 is 1.00 bits per heavy atom. The molecule has 4 aliphatic carbocycles. The van der Waals surface area contributed by atoms with Gasteiger partial charge in [-0.05, 0) is 80.0 Å². The summed E-state index contributed by atoms with van der Waals surface area (Å²) >= 11 is 0. The summed E-state index contributed by atoms with van der Waals surface area (Å²) in [6, 6.07) is 0. The Balaban J connectivity index is 1.30. The Morgan fingerprint density at radius 3 is 2.55 bits per heavy atom. The lowest BCUT2D eigenvalue weighted by atomic mass is 9.44. The van der Waals surface area contributed by atoms with Crippen molar-refractivity contribution in [1.82, 2.24) is 0 Å². The van der Waals surface area contributed by atoms with Crippen LogP contribution in [-0.2, 0) is 14.3 Å². The van der Waals surface area contributed by atoms with Gasteiger partial charge in [0.2, 0.25) is 0 Å². The molecule has 2 heterocycles. The van der Waals surface area contributed by atoms with Crippen molar-refractivity contribution in [2.24, 2.45) is 52.3 Å². The minimum absolute atomic E-state index is 0.131. The predicted molar refractivity (Wildman–Crippen MR) is 118 cm³/mol. The van der Waals surface area contributed by atoms with Crippen molar-refractivity contribution in [1.29, 1.82) is 0 Å². The summed E-state index contributed by atoms with van der Waals surface area (Å²) in [7, 11) is 0. The average molecular weight is 431 g/mol. The molecular formula is C27H42O4. The molecule has 1 N–H and O–H groups in total. The average Bonchev–Trinajstić information content (AvgIpc) is 3.18. The van der Waals surface area contributed by atoms with Crippen LogP contribution in [0.1, 0.15) is 85.5 Å². The largest absolute Gasteiger partial charge is 0.393 e. The molecule has 6 aliphatic rings. The third kappa shape index (κ3) is 2.68. The summed E-state index contributed by atoms with van der Waals surface area (Å²) < 4.78 is 13.2. The molecule has 4 saturated carbocycles. The van der Waals surface area contributed by atoms with Crippen LogP contribution in [0, 0.1) is 52.3 Å². The molecule has 0 amide bonds. The van der Waals surface area contributed by atoms with Gasteiger partial charge in [-0.15, -0.1) is 0 Å². The van der Waals surface area contributed by atoms with Crippen molar-refractivity contribution < 1.29 is 19.4 Å². The summed E-state index contributed by atoms with van der Waals surface area (Å²) in [5, 5.41) is 10.3. The molecule has 0 bridgehead atoms. The highest BCUT2D eigenvalue weighted by Gasteiger charge is 2.71. The SMILES string of the molecule is CC1CC[C@@]2(OC1)O[C@H]1CC3C4CCC5C[C@@H](O)CC[C@]5(C)C4CC(=O)[C@]3(C)C1[C@@H]2C. The Bertz CT molecular complexity index is 756. The quantitative estimate of drug-likeness (QED) is 0.589. The topological polar surface area (TPSA) is 55.8 Å². The maximum atomic E-state index is 14.0. The van der Waals surface area contributed by atoms with Crippen molar-refractivity contribution in [3.8, 4) is 0 Å². The van der Waals surface area contributed by atoms with Gasteiger partial charge in [-0.1, -0.05) is 27.7 Å². The molecule has 2 saturated heterocycles. The number of Topliss-reactive ketones (excluding diaryl/α,β-unsaturated/α-hetero) is 1. The van der Waals surface area contributed by atoms with Gasteiger partial charge in [-0.2, -0.15) is 0 Å². The number of aliphatic hydroxyl groups is 1. The number of hydrogen-bond donors (Lipinski definition) is 1. The smallest absolute Gasteiger partial charge is 0.171 e. The number of rotatable bonds is 0. The summed E-state index contributed by atoms with van der Waals surface area (Å²) in [5.74, 6) is 3.45. The summed E-state index contributed by atoms with van der Waals surface area (Å²) in [6.07, 6.45) is 9.39. The number of carbonyl (C=O) groups is 1. The molecule has 0 aromatic heterocycles. The fourth-order valence-electron chi connectivity index (χ4n) is 9.93. The minimum atomic E-state index is -0.448. The van der Waals surface area contributed by atoms with E-state index in [1.807, 2.05) is 0 Å². The van der Waals surface area contributed by atoms with Crippen LogP contribution in [-0.4, -0.2) is 35.5 Å². The molecule has 0 aromatic carbocycles. The Kier molecular flexibility index (Phi) is 4.62. The third-order valence-corrected chi connectivity index (χ3v) is 11.8. The van der Waals surface area contributed by atoms with Gasteiger partial charge in [0.1, 0.15) is 5.78 Å². The molecule has 6 fully saturated rings. The van der Waals surface area contributed by atoms with Crippen molar-refractivity contribution in [2.75, 3.05) is 6.61 Å². The maximum absolute atomic E-state index is 14.0. The lowest BCUT2D eigenvalue weighted by Crippen LogP contribution is -2.58. The van der Waals surface area contributed by atoms with Gasteiger partial charge in [-0.25, -0.2) is 0 Å². The van der Waals surface area contributed by atoms with Crippen molar-refractivity contribution in [2.45, 2.75) is 103 Å². The summed E-state index contributed by atoms with van der Waals surface area (Å²) in [6.45, 7) is 10.1. The van der Waals surface area contributed by atoms with E-state index in [-0.39, 0.29) is 29.0 Å². The van der Waals surface area contributed by atoms with E-state index in [1.165, 1.54) is 12.8 Å². The highest BCUT2D eigenvalue weighted by atomic mass is 16.7. The Morgan fingerprint density at radius 2 is 1.81 bits per heavy atom. The van der Waals surface area contributed by atoms with Gasteiger partial charge in [0, 0.05) is 30.1 Å². The molecule has 2 aliphatic heterocycles. The molecule has 6 rings (SSSR count). The Hall–Kier alpha value is -0.450. The van der Waals surface area contributed by atoms with Crippen LogP contribution in [0.25, 0.3) is 0 Å².